The monoisotopic (exact) mass is 311 g/mol. The van der Waals surface area contributed by atoms with Crippen LogP contribution in [0.1, 0.15) is 19.8 Å². The van der Waals surface area contributed by atoms with Crippen molar-refractivity contribution in [3.05, 3.63) is 24.3 Å². The van der Waals surface area contributed by atoms with E-state index in [1.54, 1.807) is 0 Å². The smallest absolute Gasteiger partial charge is 0.247 e. The predicted molar refractivity (Wildman–Crippen MR) is 76.9 cm³/mol. The maximum absolute atomic E-state index is 12.2. The van der Waals surface area contributed by atoms with Crippen LogP contribution in [0.15, 0.2) is 29.2 Å². The summed E-state index contributed by atoms with van der Waals surface area (Å²) in [5.41, 5.74) is 0.461. The molecule has 1 aliphatic rings. The van der Waals surface area contributed by atoms with Crippen LogP contribution in [0.25, 0.3) is 0 Å². The standard InChI is InChI=1S/C13H17N3O4S/c1-9(17)16-8-2-3-12(16)13(18)15-10-4-6-11(7-5-10)21(14,19)20/h4-7,12H,2-3,8H2,1H3,(H,15,18)(H2,14,19,20)/t12-/m0/s1. The van der Waals surface area contributed by atoms with Crippen LogP contribution in [0.2, 0.25) is 0 Å². The first kappa shape index (κ1) is 15.5. The van der Waals surface area contributed by atoms with E-state index in [1.807, 2.05) is 0 Å². The maximum atomic E-state index is 12.2. The van der Waals surface area contributed by atoms with Gasteiger partial charge in [-0.3, -0.25) is 9.59 Å². The number of nitrogens with one attached hydrogen (secondary N) is 1. The zero-order valence-corrected chi connectivity index (χ0v) is 12.4. The van der Waals surface area contributed by atoms with E-state index < -0.39 is 16.1 Å². The molecule has 7 nitrogen and oxygen atoms in total. The molecule has 2 rings (SSSR count). The SMILES string of the molecule is CC(=O)N1CCC[C@H]1C(=O)Nc1ccc(S(N)(=O)=O)cc1. The molecule has 21 heavy (non-hydrogen) atoms. The Morgan fingerprint density at radius 3 is 2.43 bits per heavy atom. The molecule has 2 amide bonds. The summed E-state index contributed by atoms with van der Waals surface area (Å²) in [7, 11) is -3.75. The van der Waals surface area contributed by atoms with E-state index in [0.29, 0.717) is 18.7 Å². The number of amides is 2. The van der Waals surface area contributed by atoms with Crippen LogP contribution < -0.4 is 10.5 Å². The fourth-order valence-corrected chi connectivity index (χ4v) is 2.89. The Morgan fingerprint density at radius 1 is 1.29 bits per heavy atom. The van der Waals surface area contributed by atoms with E-state index in [1.165, 1.54) is 36.1 Å². The van der Waals surface area contributed by atoms with Crippen molar-refractivity contribution in [3.8, 4) is 0 Å². The average Bonchev–Trinajstić information content (AvgIpc) is 2.87. The molecule has 1 heterocycles. The van der Waals surface area contributed by atoms with Crippen molar-refractivity contribution in [3.63, 3.8) is 0 Å². The quantitative estimate of drug-likeness (QED) is 0.835. The fraction of sp³-hybridized carbons (Fsp3) is 0.385. The molecule has 0 spiro atoms. The molecule has 1 atom stereocenters. The largest absolute Gasteiger partial charge is 0.331 e. The number of nitrogens with two attached hydrogens (primary N) is 1. The second-order valence-electron chi connectivity index (χ2n) is 4.93. The van der Waals surface area contributed by atoms with Crippen LogP contribution >= 0.6 is 0 Å². The molecule has 0 radical (unpaired) electrons. The third kappa shape index (κ3) is 3.59. The molecule has 1 aliphatic heterocycles. The highest BCUT2D eigenvalue weighted by Gasteiger charge is 2.32. The van der Waals surface area contributed by atoms with Crippen LogP contribution in [-0.4, -0.2) is 37.7 Å². The minimum atomic E-state index is -3.75. The molecule has 0 saturated carbocycles. The lowest BCUT2D eigenvalue weighted by molar-refractivity contribution is -0.134. The molecule has 1 aromatic carbocycles. The number of carbonyl (C=O) groups is 2. The van der Waals surface area contributed by atoms with Crippen molar-refractivity contribution in [2.75, 3.05) is 11.9 Å². The number of rotatable bonds is 3. The van der Waals surface area contributed by atoms with E-state index in [9.17, 15) is 18.0 Å². The van der Waals surface area contributed by atoms with Gasteiger partial charge in [0.15, 0.2) is 0 Å². The summed E-state index contributed by atoms with van der Waals surface area (Å²) in [6, 6.07) is 5.10. The molecule has 8 heteroatoms. The van der Waals surface area contributed by atoms with Crippen molar-refractivity contribution in [2.24, 2.45) is 5.14 Å². The number of primary sulfonamides is 1. The van der Waals surface area contributed by atoms with Gasteiger partial charge in [-0.15, -0.1) is 0 Å². The summed E-state index contributed by atoms with van der Waals surface area (Å²) in [5.74, 6) is -0.400. The van der Waals surface area contributed by atoms with Gasteiger partial charge in [-0.05, 0) is 37.1 Å². The first-order chi connectivity index (χ1) is 9.79. The Hall–Kier alpha value is -1.93. The number of anilines is 1. The molecular weight excluding hydrogens is 294 g/mol. The Morgan fingerprint density at radius 2 is 1.90 bits per heavy atom. The summed E-state index contributed by atoms with van der Waals surface area (Å²) in [6.45, 7) is 2.02. The minimum absolute atomic E-state index is 0.0215. The van der Waals surface area contributed by atoms with E-state index in [-0.39, 0.29) is 16.7 Å². The second-order valence-corrected chi connectivity index (χ2v) is 6.49. The molecule has 114 valence electrons. The van der Waals surface area contributed by atoms with Gasteiger partial charge in [0, 0.05) is 19.2 Å². The molecule has 1 aromatic rings. The number of sulfonamides is 1. The van der Waals surface area contributed by atoms with E-state index in [0.717, 1.165) is 6.42 Å². The van der Waals surface area contributed by atoms with Gasteiger partial charge in [-0.1, -0.05) is 0 Å². The fourth-order valence-electron chi connectivity index (χ4n) is 2.37. The summed E-state index contributed by atoms with van der Waals surface area (Å²) in [4.78, 5) is 25.1. The van der Waals surface area contributed by atoms with Crippen molar-refractivity contribution >= 4 is 27.5 Å². The number of hydrogen-bond donors (Lipinski definition) is 2. The van der Waals surface area contributed by atoms with Gasteiger partial charge in [0.1, 0.15) is 6.04 Å². The van der Waals surface area contributed by atoms with Gasteiger partial charge in [0.05, 0.1) is 4.90 Å². The van der Waals surface area contributed by atoms with Crippen molar-refractivity contribution in [2.45, 2.75) is 30.7 Å². The molecule has 0 unspecified atom stereocenters. The Labute approximate surface area is 123 Å². The van der Waals surface area contributed by atoms with Crippen molar-refractivity contribution in [1.82, 2.24) is 4.90 Å². The summed E-state index contributed by atoms with van der Waals surface area (Å²) in [5, 5.41) is 7.68. The predicted octanol–water partition coefficient (Wildman–Crippen LogP) is 0.283. The second kappa shape index (κ2) is 5.82. The molecule has 0 aliphatic carbocycles. The molecule has 0 aromatic heterocycles. The van der Waals surface area contributed by atoms with Gasteiger partial charge in [0.2, 0.25) is 21.8 Å². The number of carbonyl (C=O) groups excluding carboxylic acids is 2. The minimum Gasteiger partial charge on any atom is -0.331 e. The number of benzene rings is 1. The van der Waals surface area contributed by atoms with E-state index >= 15 is 0 Å². The Balaban J connectivity index is 2.08. The highest BCUT2D eigenvalue weighted by molar-refractivity contribution is 7.89. The highest BCUT2D eigenvalue weighted by Crippen LogP contribution is 2.20. The normalized spacial score (nSPS) is 18.6. The highest BCUT2D eigenvalue weighted by atomic mass is 32.2. The third-order valence-electron chi connectivity index (χ3n) is 3.41. The zero-order valence-electron chi connectivity index (χ0n) is 11.6. The van der Waals surface area contributed by atoms with E-state index in [4.69, 9.17) is 5.14 Å². The van der Waals surface area contributed by atoms with Gasteiger partial charge in [-0.25, -0.2) is 13.6 Å². The number of likely N-dealkylation sites (tertiary alicyclic amines) is 1. The van der Waals surface area contributed by atoms with Crippen LogP contribution in [0, 0.1) is 0 Å². The molecule has 1 saturated heterocycles. The molecule has 0 bridgehead atoms. The van der Waals surface area contributed by atoms with Crippen molar-refractivity contribution < 1.29 is 18.0 Å². The Bertz CT molecular complexity index is 654. The van der Waals surface area contributed by atoms with Gasteiger partial charge < -0.3 is 10.2 Å². The Kier molecular flexibility index (Phi) is 4.29. The number of nitrogens with zero attached hydrogens (tertiary/aromatic N) is 1. The summed E-state index contributed by atoms with van der Waals surface area (Å²) < 4.78 is 22.3. The summed E-state index contributed by atoms with van der Waals surface area (Å²) in [6.07, 6.45) is 1.42. The van der Waals surface area contributed by atoms with Crippen LogP contribution in [-0.2, 0) is 19.6 Å². The number of hydrogen-bond acceptors (Lipinski definition) is 4. The van der Waals surface area contributed by atoms with E-state index in [2.05, 4.69) is 5.32 Å². The van der Waals surface area contributed by atoms with Gasteiger partial charge in [0.25, 0.3) is 0 Å². The van der Waals surface area contributed by atoms with Gasteiger partial charge >= 0.3 is 0 Å². The summed E-state index contributed by atoms with van der Waals surface area (Å²) >= 11 is 0. The van der Waals surface area contributed by atoms with Crippen LogP contribution in [0.4, 0.5) is 5.69 Å². The van der Waals surface area contributed by atoms with Gasteiger partial charge in [-0.2, -0.15) is 0 Å². The lowest BCUT2D eigenvalue weighted by Crippen LogP contribution is -2.42. The first-order valence-corrected chi connectivity index (χ1v) is 8.04. The third-order valence-corrected chi connectivity index (χ3v) is 4.34. The van der Waals surface area contributed by atoms with Crippen molar-refractivity contribution in [1.29, 1.82) is 0 Å². The topological polar surface area (TPSA) is 110 Å². The average molecular weight is 311 g/mol. The lowest BCUT2D eigenvalue weighted by Gasteiger charge is -2.22. The zero-order chi connectivity index (χ0) is 15.6. The lowest BCUT2D eigenvalue weighted by atomic mass is 10.2. The maximum Gasteiger partial charge on any atom is 0.247 e. The first-order valence-electron chi connectivity index (χ1n) is 6.50. The molecule has 3 N–H and O–H groups in total. The molecule has 1 fully saturated rings. The van der Waals surface area contributed by atoms with Crippen LogP contribution in [0.3, 0.4) is 0 Å². The van der Waals surface area contributed by atoms with Crippen LogP contribution in [0.5, 0.6) is 0 Å². The molecular formula is C13H17N3O4S.